The lowest BCUT2D eigenvalue weighted by molar-refractivity contribution is -0.384. The zero-order valence-electron chi connectivity index (χ0n) is 17.3. The number of halogens is 1. The molecule has 0 bridgehead atoms. The third kappa shape index (κ3) is 5.97. The first-order chi connectivity index (χ1) is 14.1. The van der Waals surface area contributed by atoms with Crippen LogP contribution in [0.4, 0.5) is 11.4 Å². The van der Waals surface area contributed by atoms with E-state index < -0.39 is 0 Å². The second-order valence-corrected chi connectivity index (χ2v) is 6.74. The fourth-order valence-electron chi connectivity index (χ4n) is 3.41. The molecule has 0 unspecified atom stereocenters. The van der Waals surface area contributed by atoms with Crippen molar-refractivity contribution in [2.24, 2.45) is 4.99 Å². The van der Waals surface area contributed by atoms with Crippen molar-refractivity contribution in [2.45, 2.75) is 13.5 Å². The SMILES string of the molecule is CCNC(=NCc1cccc([N+](=O)[O-])c1)N1CCN(c2ccccc2OC)CC1.I. The van der Waals surface area contributed by atoms with E-state index in [1.165, 1.54) is 6.07 Å². The molecule has 2 aromatic rings. The van der Waals surface area contributed by atoms with Gasteiger partial charge < -0.3 is 19.9 Å². The molecule has 1 N–H and O–H groups in total. The summed E-state index contributed by atoms with van der Waals surface area (Å²) in [7, 11) is 1.69. The van der Waals surface area contributed by atoms with Crippen LogP contribution in [0.5, 0.6) is 5.75 Å². The second kappa shape index (κ2) is 11.6. The molecule has 30 heavy (non-hydrogen) atoms. The highest BCUT2D eigenvalue weighted by atomic mass is 127. The van der Waals surface area contributed by atoms with Crippen LogP contribution in [0, 0.1) is 10.1 Å². The van der Waals surface area contributed by atoms with Crippen LogP contribution in [-0.2, 0) is 6.54 Å². The van der Waals surface area contributed by atoms with Crippen molar-refractivity contribution in [1.82, 2.24) is 10.2 Å². The molecule has 0 aliphatic carbocycles. The summed E-state index contributed by atoms with van der Waals surface area (Å²) in [6, 6.07) is 14.7. The number of hydrogen-bond acceptors (Lipinski definition) is 5. The number of nitro groups is 1. The first kappa shape index (κ1) is 23.7. The molecule has 0 saturated carbocycles. The number of non-ortho nitro benzene ring substituents is 1. The zero-order chi connectivity index (χ0) is 20.6. The van der Waals surface area contributed by atoms with Gasteiger partial charge in [-0.1, -0.05) is 24.3 Å². The summed E-state index contributed by atoms with van der Waals surface area (Å²) in [5.41, 5.74) is 2.02. The van der Waals surface area contributed by atoms with E-state index in [0.29, 0.717) is 6.54 Å². The molecule has 1 aliphatic heterocycles. The van der Waals surface area contributed by atoms with Gasteiger partial charge in [-0.25, -0.2) is 4.99 Å². The smallest absolute Gasteiger partial charge is 0.269 e. The molecule has 0 radical (unpaired) electrons. The van der Waals surface area contributed by atoms with E-state index in [1.807, 2.05) is 31.2 Å². The van der Waals surface area contributed by atoms with Crippen LogP contribution < -0.4 is 15.0 Å². The standard InChI is InChI=1S/C21H27N5O3.HI/c1-3-22-21(23-16-17-7-6-8-18(15-17)26(27)28)25-13-11-24(12-14-25)19-9-4-5-10-20(19)29-2;/h4-10,15H,3,11-14,16H2,1-2H3,(H,22,23);1H. The van der Waals surface area contributed by atoms with Gasteiger partial charge >= 0.3 is 0 Å². The number of hydrogen-bond donors (Lipinski definition) is 1. The van der Waals surface area contributed by atoms with Crippen LogP contribution in [0.3, 0.4) is 0 Å². The average molecular weight is 525 g/mol. The van der Waals surface area contributed by atoms with E-state index in [1.54, 1.807) is 19.2 Å². The number of nitro benzene ring substituents is 1. The van der Waals surface area contributed by atoms with Crippen molar-refractivity contribution in [3.8, 4) is 5.75 Å². The maximum Gasteiger partial charge on any atom is 0.269 e. The molecule has 1 fully saturated rings. The minimum Gasteiger partial charge on any atom is -0.495 e. The van der Waals surface area contributed by atoms with Gasteiger partial charge in [-0.3, -0.25) is 10.1 Å². The quantitative estimate of drug-likeness (QED) is 0.205. The largest absolute Gasteiger partial charge is 0.495 e. The minimum atomic E-state index is -0.379. The number of benzene rings is 2. The number of rotatable bonds is 6. The highest BCUT2D eigenvalue weighted by Gasteiger charge is 2.21. The van der Waals surface area contributed by atoms with Crippen LogP contribution in [-0.4, -0.2) is 55.6 Å². The van der Waals surface area contributed by atoms with Gasteiger partial charge in [-0.2, -0.15) is 0 Å². The van der Waals surface area contributed by atoms with Crippen LogP contribution in [0.1, 0.15) is 12.5 Å². The predicted octanol–water partition coefficient (Wildman–Crippen LogP) is 3.51. The van der Waals surface area contributed by atoms with Crippen LogP contribution >= 0.6 is 24.0 Å². The lowest BCUT2D eigenvalue weighted by Gasteiger charge is -2.38. The summed E-state index contributed by atoms with van der Waals surface area (Å²) < 4.78 is 5.49. The molecule has 8 nitrogen and oxygen atoms in total. The van der Waals surface area contributed by atoms with Crippen LogP contribution in [0.2, 0.25) is 0 Å². The van der Waals surface area contributed by atoms with E-state index in [2.05, 4.69) is 21.2 Å². The highest BCUT2D eigenvalue weighted by Crippen LogP contribution is 2.28. The van der Waals surface area contributed by atoms with Crippen LogP contribution in [0.15, 0.2) is 53.5 Å². The number of ether oxygens (including phenoxy) is 1. The van der Waals surface area contributed by atoms with Gasteiger partial charge in [-0.15, -0.1) is 24.0 Å². The number of nitrogens with one attached hydrogen (secondary N) is 1. The van der Waals surface area contributed by atoms with Crippen molar-refractivity contribution < 1.29 is 9.66 Å². The van der Waals surface area contributed by atoms with E-state index in [-0.39, 0.29) is 34.6 Å². The first-order valence-corrected chi connectivity index (χ1v) is 9.77. The van der Waals surface area contributed by atoms with Crippen molar-refractivity contribution >= 4 is 41.3 Å². The Kier molecular flexibility index (Phi) is 9.15. The number of nitrogens with zero attached hydrogens (tertiary/aromatic N) is 4. The second-order valence-electron chi connectivity index (χ2n) is 6.74. The molecule has 0 amide bonds. The Labute approximate surface area is 194 Å². The normalized spacial score (nSPS) is 14.1. The molecule has 162 valence electrons. The molecule has 0 spiro atoms. The van der Waals surface area contributed by atoms with Gasteiger partial charge in [0.05, 0.1) is 24.3 Å². The average Bonchev–Trinajstić information content (AvgIpc) is 2.77. The summed E-state index contributed by atoms with van der Waals surface area (Å²) in [6.45, 7) is 6.59. The molecule has 1 heterocycles. The highest BCUT2D eigenvalue weighted by molar-refractivity contribution is 14.0. The number of piperazine rings is 1. The Bertz CT molecular complexity index is 869. The van der Waals surface area contributed by atoms with Crippen molar-refractivity contribution in [2.75, 3.05) is 44.7 Å². The monoisotopic (exact) mass is 525 g/mol. The lowest BCUT2D eigenvalue weighted by atomic mass is 10.2. The number of aliphatic imine (C=N–C) groups is 1. The van der Waals surface area contributed by atoms with Gasteiger partial charge in [0.2, 0.25) is 0 Å². The maximum absolute atomic E-state index is 11.0. The summed E-state index contributed by atoms with van der Waals surface area (Å²) in [4.78, 5) is 19.8. The Morgan fingerprint density at radius 2 is 1.90 bits per heavy atom. The Morgan fingerprint density at radius 3 is 2.57 bits per heavy atom. The summed E-state index contributed by atoms with van der Waals surface area (Å²) in [5, 5.41) is 14.3. The van der Waals surface area contributed by atoms with Gasteiger partial charge in [0, 0.05) is 44.9 Å². The van der Waals surface area contributed by atoms with Gasteiger partial charge in [0.1, 0.15) is 5.75 Å². The van der Waals surface area contributed by atoms with E-state index in [4.69, 9.17) is 9.73 Å². The molecule has 1 aliphatic rings. The van der Waals surface area contributed by atoms with Crippen LogP contribution in [0.25, 0.3) is 0 Å². The van der Waals surface area contributed by atoms with E-state index in [0.717, 1.165) is 55.7 Å². The molecule has 2 aromatic carbocycles. The molecule has 0 atom stereocenters. The fourth-order valence-corrected chi connectivity index (χ4v) is 3.41. The van der Waals surface area contributed by atoms with Crippen molar-refractivity contribution in [3.63, 3.8) is 0 Å². The molecular weight excluding hydrogens is 497 g/mol. The first-order valence-electron chi connectivity index (χ1n) is 9.77. The van der Waals surface area contributed by atoms with Gasteiger partial charge in [0.25, 0.3) is 5.69 Å². The number of guanidine groups is 1. The molecule has 9 heteroatoms. The third-order valence-corrected chi connectivity index (χ3v) is 4.87. The Hall–Kier alpha value is -2.56. The van der Waals surface area contributed by atoms with Crippen molar-refractivity contribution in [3.05, 3.63) is 64.2 Å². The third-order valence-electron chi connectivity index (χ3n) is 4.87. The van der Waals surface area contributed by atoms with Crippen molar-refractivity contribution in [1.29, 1.82) is 0 Å². The predicted molar refractivity (Wildman–Crippen MR) is 130 cm³/mol. The summed E-state index contributed by atoms with van der Waals surface area (Å²) >= 11 is 0. The summed E-state index contributed by atoms with van der Waals surface area (Å²) in [6.07, 6.45) is 0. The zero-order valence-corrected chi connectivity index (χ0v) is 19.6. The molecule has 1 saturated heterocycles. The lowest BCUT2D eigenvalue weighted by Crippen LogP contribution is -2.52. The Balaban J connectivity index is 0.00000320. The number of methoxy groups -OCH3 is 1. The maximum atomic E-state index is 11.0. The number of anilines is 1. The fraction of sp³-hybridized carbons (Fsp3) is 0.381. The molecule has 3 rings (SSSR count). The summed E-state index contributed by atoms with van der Waals surface area (Å²) in [5.74, 6) is 1.71. The number of para-hydroxylation sites is 2. The minimum absolute atomic E-state index is 0. The van der Waals surface area contributed by atoms with E-state index >= 15 is 0 Å². The molecule has 0 aromatic heterocycles. The molecular formula is C21H28IN5O3. The Morgan fingerprint density at radius 1 is 1.17 bits per heavy atom. The van der Waals surface area contributed by atoms with Gasteiger partial charge in [-0.05, 0) is 24.6 Å². The topological polar surface area (TPSA) is 83.2 Å². The van der Waals surface area contributed by atoms with Gasteiger partial charge in [0.15, 0.2) is 5.96 Å². The van der Waals surface area contributed by atoms with E-state index in [9.17, 15) is 10.1 Å².